The molecule has 1 atom stereocenters. The molecule has 1 aliphatic carbocycles. The number of hydrogen-bond acceptors (Lipinski definition) is 4. The number of amides is 1. The van der Waals surface area contributed by atoms with Crippen LogP contribution in [-0.2, 0) is 6.42 Å². The van der Waals surface area contributed by atoms with Gasteiger partial charge in [0.2, 0.25) is 0 Å². The zero-order valence-electron chi connectivity index (χ0n) is 19.3. The van der Waals surface area contributed by atoms with Crippen molar-refractivity contribution in [1.82, 2.24) is 24.8 Å². The molecule has 164 valence electrons. The molecule has 1 aromatic carbocycles. The third-order valence-electron chi connectivity index (χ3n) is 6.16. The highest BCUT2D eigenvalue weighted by atomic mass is 16.2. The van der Waals surface area contributed by atoms with Crippen molar-refractivity contribution in [2.75, 3.05) is 27.2 Å². The standard InChI is InChI=1S/C25H33N5O/c1-16-10-11-21-20(14-16)19-8-6-9-23(24(19)28-21)30(13-7-12-29(4)5)25(31)22-15-17(2)26-18(3)27-22/h10-11,14-15,23,28H,6-9,12-13H2,1-5H3. The first-order valence-corrected chi connectivity index (χ1v) is 11.2. The van der Waals surface area contributed by atoms with Crippen LogP contribution in [0.4, 0.5) is 0 Å². The van der Waals surface area contributed by atoms with Crippen molar-refractivity contribution < 1.29 is 4.79 Å². The van der Waals surface area contributed by atoms with Crippen molar-refractivity contribution in [2.24, 2.45) is 0 Å². The maximum atomic E-state index is 13.7. The van der Waals surface area contributed by atoms with Crippen LogP contribution in [0.15, 0.2) is 24.3 Å². The summed E-state index contributed by atoms with van der Waals surface area (Å²) < 4.78 is 0. The number of aromatic nitrogens is 3. The first-order valence-electron chi connectivity index (χ1n) is 11.2. The van der Waals surface area contributed by atoms with Crippen LogP contribution < -0.4 is 0 Å². The SMILES string of the molecule is Cc1ccc2[nH]c3c(c2c1)CCCC3N(CCCN(C)C)C(=O)c1cc(C)nc(C)n1. The number of aromatic amines is 1. The third-order valence-corrected chi connectivity index (χ3v) is 6.16. The fourth-order valence-corrected chi connectivity index (χ4v) is 4.79. The molecule has 1 N–H and O–H groups in total. The summed E-state index contributed by atoms with van der Waals surface area (Å²) in [6, 6.07) is 8.43. The molecule has 2 heterocycles. The fourth-order valence-electron chi connectivity index (χ4n) is 4.79. The van der Waals surface area contributed by atoms with Gasteiger partial charge in [-0.15, -0.1) is 0 Å². The van der Waals surface area contributed by atoms with Gasteiger partial charge in [-0.3, -0.25) is 4.79 Å². The van der Waals surface area contributed by atoms with E-state index in [0.29, 0.717) is 18.1 Å². The van der Waals surface area contributed by atoms with Gasteiger partial charge >= 0.3 is 0 Å². The Morgan fingerprint density at radius 2 is 1.94 bits per heavy atom. The first-order chi connectivity index (χ1) is 14.8. The van der Waals surface area contributed by atoms with Crippen LogP contribution in [0.25, 0.3) is 10.9 Å². The van der Waals surface area contributed by atoms with E-state index < -0.39 is 0 Å². The van der Waals surface area contributed by atoms with Crippen molar-refractivity contribution in [2.45, 2.75) is 52.5 Å². The van der Waals surface area contributed by atoms with E-state index in [4.69, 9.17) is 0 Å². The van der Waals surface area contributed by atoms with E-state index in [-0.39, 0.29) is 11.9 Å². The number of carbonyl (C=O) groups is 1. The van der Waals surface area contributed by atoms with Crippen molar-refractivity contribution in [3.8, 4) is 0 Å². The summed E-state index contributed by atoms with van der Waals surface area (Å²) in [7, 11) is 4.14. The predicted octanol–water partition coefficient (Wildman–Crippen LogP) is 4.35. The lowest BCUT2D eigenvalue weighted by molar-refractivity contribution is 0.0638. The number of hydrogen-bond donors (Lipinski definition) is 1. The quantitative estimate of drug-likeness (QED) is 0.645. The molecule has 0 aliphatic heterocycles. The van der Waals surface area contributed by atoms with Crippen LogP contribution in [0, 0.1) is 20.8 Å². The molecular formula is C25H33N5O. The molecule has 6 heteroatoms. The Balaban J connectivity index is 1.73. The molecule has 0 radical (unpaired) electrons. The molecule has 0 spiro atoms. The Labute approximate surface area is 184 Å². The van der Waals surface area contributed by atoms with E-state index in [9.17, 15) is 4.79 Å². The summed E-state index contributed by atoms with van der Waals surface area (Å²) in [6.45, 7) is 7.55. The van der Waals surface area contributed by atoms with Gasteiger partial charge in [0, 0.05) is 28.8 Å². The Bertz CT molecular complexity index is 1080. The lowest BCUT2D eigenvalue weighted by Crippen LogP contribution is -2.39. The van der Waals surface area contributed by atoms with E-state index in [2.05, 4.69) is 59.1 Å². The molecule has 1 unspecified atom stereocenters. The minimum Gasteiger partial charge on any atom is -0.356 e. The summed E-state index contributed by atoms with van der Waals surface area (Å²) in [5.41, 5.74) is 6.32. The summed E-state index contributed by atoms with van der Waals surface area (Å²) in [5, 5.41) is 1.30. The van der Waals surface area contributed by atoms with Gasteiger partial charge in [0.1, 0.15) is 11.5 Å². The number of fused-ring (bicyclic) bond motifs is 3. The third kappa shape index (κ3) is 4.49. The van der Waals surface area contributed by atoms with Crippen LogP contribution in [0.3, 0.4) is 0 Å². The number of benzene rings is 1. The zero-order chi connectivity index (χ0) is 22.1. The van der Waals surface area contributed by atoms with E-state index in [1.165, 1.54) is 22.2 Å². The Morgan fingerprint density at radius 3 is 2.68 bits per heavy atom. The molecule has 4 rings (SSSR count). The normalized spacial score (nSPS) is 16.0. The van der Waals surface area contributed by atoms with E-state index in [1.54, 1.807) is 0 Å². The molecule has 0 saturated heterocycles. The minimum absolute atomic E-state index is 0.0000396. The highest BCUT2D eigenvalue weighted by Gasteiger charge is 2.32. The molecule has 2 aromatic heterocycles. The maximum absolute atomic E-state index is 13.7. The van der Waals surface area contributed by atoms with Crippen LogP contribution in [0.2, 0.25) is 0 Å². The summed E-state index contributed by atoms with van der Waals surface area (Å²) in [5.74, 6) is 0.641. The van der Waals surface area contributed by atoms with E-state index in [1.807, 2.05) is 24.8 Å². The van der Waals surface area contributed by atoms with Gasteiger partial charge in [0.05, 0.1) is 6.04 Å². The van der Waals surface area contributed by atoms with Crippen molar-refractivity contribution in [3.05, 3.63) is 58.3 Å². The smallest absolute Gasteiger partial charge is 0.273 e. The molecular weight excluding hydrogens is 386 g/mol. The number of carbonyl (C=O) groups excluding carboxylic acids is 1. The highest BCUT2D eigenvalue weighted by molar-refractivity contribution is 5.93. The molecule has 6 nitrogen and oxygen atoms in total. The summed E-state index contributed by atoms with van der Waals surface area (Å²) >= 11 is 0. The van der Waals surface area contributed by atoms with Gasteiger partial charge in [0.25, 0.3) is 5.91 Å². The van der Waals surface area contributed by atoms with Crippen LogP contribution >= 0.6 is 0 Å². The molecule has 3 aromatic rings. The molecule has 0 saturated carbocycles. The van der Waals surface area contributed by atoms with Gasteiger partial charge < -0.3 is 14.8 Å². The average molecular weight is 420 g/mol. The summed E-state index contributed by atoms with van der Waals surface area (Å²) in [4.78, 5) is 30.4. The number of rotatable bonds is 6. The molecule has 0 bridgehead atoms. The zero-order valence-corrected chi connectivity index (χ0v) is 19.3. The Morgan fingerprint density at radius 1 is 1.13 bits per heavy atom. The maximum Gasteiger partial charge on any atom is 0.273 e. The van der Waals surface area contributed by atoms with Crippen molar-refractivity contribution in [1.29, 1.82) is 0 Å². The molecule has 0 fully saturated rings. The van der Waals surface area contributed by atoms with Gasteiger partial charge in [-0.25, -0.2) is 9.97 Å². The topological polar surface area (TPSA) is 65.1 Å². The van der Waals surface area contributed by atoms with Crippen LogP contribution in [0.1, 0.15) is 64.1 Å². The monoisotopic (exact) mass is 419 g/mol. The predicted molar refractivity (Wildman–Crippen MR) is 124 cm³/mol. The van der Waals surface area contributed by atoms with Crippen molar-refractivity contribution in [3.63, 3.8) is 0 Å². The van der Waals surface area contributed by atoms with E-state index in [0.717, 1.165) is 43.4 Å². The van der Waals surface area contributed by atoms with E-state index >= 15 is 0 Å². The lowest BCUT2D eigenvalue weighted by atomic mass is 9.90. The second-order valence-electron chi connectivity index (χ2n) is 9.07. The minimum atomic E-state index is 0.0000396. The van der Waals surface area contributed by atoms with Crippen molar-refractivity contribution >= 4 is 16.8 Å². The first kappa shape index (κ1) is 21.5. The van der Waals surface area contributed by atoms with Crippen LogP contribution in [-0.4, -0.2) is 57.8 Å². The van der Waals surface area contributed by atoms with Gasteiger partial charge in [0.15, 0.2) is 0 Å². The number of nitrogens with zero attached hydrogens (tertiary/aromatic N) is 4. The molecule has 31 heavy (non-hydrogen) atoms. The largest absolute Gasteiger partial charge is 0.356 e. The second kappa shape index (κ2) is 8.79. The fraction of sp³-hybridized carbons (Fsp3) is 0.480. The number of nitrogens with one attached hydrogen (secondary N) is 1. The van der Waals surface area contributed by atoms with Crippen LogP contribution in [0.5, 0.6) is 0 Å². The Kier molecular flexibility index (Phi) is 6.10. The average Bonchev–Trinajstić information content (AvgIpc) is 3.08. The van der Waals surface area contributed by atoms with Gasteiger partial charge in [-0.05, 0) is 90.9 Å². The summed E-state index contributed by atoms with van der Waals surface area (Å²) in [6.07, 6.45) is 4.03. The Hall–Kier alpha value is -2.73. The van der Waals surface area contributed by atoms with Gasteiger partial charge in [-0.1, -0.05) is 11.6 Å². The molecule has 1 amide bonds. The van der Waals surface area contributed by atoms with Gasteiger partial charge in [-0.2, -0.15) is 0 Å². The number of H-pyrrole nitrogens is 1. The lowest BCUT2D eigenvalue weighted by Gasteiger charge is -2.35. The second-order valence-corrected chi connectivity index (χ2v) is 9.07. The molecule has 1 aliphatic rings. The highest BCUT2D eigenvalue weighted by Crippen LogP contribution is 2.39. The number of aryl methyl sites for hydroxylation is 4.